The van der Waals surface area contributed by atoms with Crippen molar-refractivity contribution in [2.45, 2.75) is 6.54 Å². The van der Waals surface area contributed by atoms with Gasteiger partial charge in [-0.25, -0.2) is 4.98 Å². The van der Waals surface area contributed by atoms with Crippen LogP contribution >= 0.6 is 27.3 Å². The molecule has 190 valence electrons. The SMILES string of the molecule is O=C(c1ccc(CN(CCOc2ccccc2)c2nc(-c3ccc(Br)cc3)cs2)cc1)N1CCNCC1. The molecular formula is C29H29BrN4O2S. The summed E-state index contributed by atoms with van der Waals surface area (Å²) in [5.41, 5.74) is 3.90. The number of aromatic nitrogens is 1. The third-order valence-electron chi connectivity index (χ3n) is 6.25. The number of thiazole rings is 1. The summed E-state index contributed by atoms with van der Waals surface area (Å²) in [6, 6.07) is 26.0. The minimum absolute atomic E-state index is 0.0974. The van der Waals surface area contributed by atoms with E-state index in [1.54, 1.807) is 11.3 Å². The lowest BCUT2D eigenvalue weighted by Gasteiger charge is -2.27. The first-order valence-electron chi connectivity index (χ1n) is 12.4. The molecular weight excluding hydrogens is 548 g/mol. The first kappa shape index (κ1) is 25.4. The van der Waals surface area contributed by atoms with Crippen LogP contribution < -0.4 is 15.0 Å². The Morgan fingerprint density at radius 3 is 2.46 bits per heavy atom. The molecule has 8 heteroatoms. The van der Waals surface area contributed by atoms with Crippen LogP contribution in [0.25, 0.3) is 11.3 Å². The summed E-state index contributed by atoms with van der Waals surface area (Å²) < 4.78 is 7.04. The lowest BCUT2D eigenvalue weighted by molar-refractivity contribution is 0.0736. The van der Waals surface area contributed by atoms with Gasteiger partial charge in [-0.05, 0) is 42.0 Å². The second-order valence-corrected chi connectivity index (χ2v) is 10.6. The monoisotopic (exact) mass is 576 g/mol. The number of nitrogens with zero attached hydrogens (tertiary/aromatic N) is 3. The van der Waals surface area contributed by atoms with Gasteiger partial charge >= 0.3 is 0 Å². The number of para-hydroxylation sites is 1. The molecule has 1 aliphatic rings. The number of amides is 1. The van der Waals surface area contributed by atoms with Gasteiger partial charge < -0.3 is 19.9 Å². The van der Waals surface area contributed by atoms with Crippen LogP contribution in [0.2, 0.25) is 0 Å². The van der Waals surface area contributed by atoms with Crippen molar-refractivity contribution in [3.63, 3.8) is 0 Å². The summed E-state index contributed by atoms with van der Waals surface area (Å²) in [6.45, 7) is 5.09. The van der Waals surface area contributed by atoms with E-state index in [1.807, 2.05) is 71.6 Å². The minimum Gasteiger partial charge on any atom is -0.492 e. The van der Waals surface area contributed by atoms with Crippen molar-refractivity contribution in [1.82, 2.24) is 15.2 Å². The van der Waals surface area contributed by atoms with Crippen molar-refractivity contribution in [2.75, 3.05) is 44.2 Å². The number of carbonyl (C=O) groups excluding carboxylic acids is 1. The van der Waals surface area contributed by atoms with E-state index in [4.69, 9.17) is 9.72 Å². The molecule has 0 unspecified atom stereocenters. The third kappa shape index (κ3) is 6.77. The smallest absolute Gasteiger partial charge is 0.253 e. The molecule has 0 bridgehead atoms. The molecule has 37 heavy (non-hydrogen) atoms. The van der Waals surface area contributed by atoms with Crippen LogP contribution in [0.3, 0.4) is 0 Å². The second-order valence-electron chi connectivity index (χ2n) is 8.84. The Labute approximate surface area is 230 Å². The van der Waals surface area contributed by atoms with Crippen molar-refractivity contribution >= 4 is 38.3 Å². The maximum Gasteiger partial charge on any atom is 0.253 e. The molecule has 0 spiro atoms. The molecule has 6 nitrogen and oxygen atoms in total. The van der Waals surface area contributed by atoms with Crippen LogP contribution in [-0.2, 0) is 6.54 Å². The Morgan fingerprint density at radius 1 is 1.00 bits per heavy atom. The minimum atomic E-state index is 0.0974. The fourth-order valence-electron chi connectivity index (χ4n) is 4.22. The first-order chi connectivity index (χ1) is 18.2. The first-order valence-corrected chi connectivity index (χ1v) is 14.1. The number of nitrogens with one attached hydrogen (secondary N) is 1. The molecule has 2 heterocycles. The molecule has 0 atom stereocenters. The van der Waals surface area contributed by atoms with Gasteiger partial charge in [0.25, 0.3) is 5.91 Å². The molecule has 1 aromatic heterocycles. The van der Waals surface area contributed by atoms with Crippen LogP contribution in [0.4, 0.5) is 5.13 Å². The fourth-order valence-corrected chi connectivity index (χ4v) is 5.35. The van der Waals surface area contributed by atoms with E-state index < -0.39 is 0 Å². The molecule has 0 saturated carbocycles. The topological polar surface area (TPSA) is 57.7 Å². The van der Waals surface area contributed by atoms with Gasteiger partial charge in [0.1, 0.15) is 12.4 Å². The van der Waals surface area contributed by atoms with Crippen molar-refractivity contribution in [3.05, 3.63) is 99.8 Å². The van der Waals surface area contributed by atoms with E-state index in [0.717, 1.165) is 63.9 Å². The highest BCUT2D eigenvalue weighted by molar-refractivity contribution is 9.10. The number of hydrogen-bond donors (Lipinski definition) is 1. The molecule has 1 amide bonds. The Hall–Kier alpha value is -3.20. The van der Waals surface area contributed by atoms with E-state index in [-0.39, 0.29) is 5.91 Å². The highest BCUT2D eigenvalue weighted by Crippen LogP contribution is 2.29. The summed E-state index contributed by atoms with van der Waals surface area (Å²) in [7, 11) is 0. The number of benzene rings is 3. The number of anilines is 1. The predicted molar refractivity (Wildman–Crippen MR) is 153 cm³/mol. The van der Waals surface area contributed by atoms with Crippen molar-refractivity contribution in [2.24, 2.45) is 0 Å². The second kappa shape index (κ2) is 12.4. The normalized spacial score (nSPS) is 13.4. The van der Waals surface area contributed by atoms with Crippen LogP contribution in [0.1, 0.15) is 15.9 Å². The lowest BCUT2D eigenvalue weighted by atomic mass is 10.1. The maximum absolute atomic E-state index is 12.8. The lowest BCUT2D eigenvalue weighted by Crippen LogP contribution is -2.46. The molecule has 1 fully saturated rings. The van der Waals surface area contributed by atoms with Crippen LogP contribution in [0, 0.1) is 0 Å². The van der Waals surface area contributed by atoms with Crippen molar-refractivity contribution < 1.29 is 9.53 Å². The summed E-state index contributed by atoms with van der Waals surface area (Å²) in [6.07, 6.45) is 0. The van der Waals surface area contributed by atoms with Crippen molar-refractivity contribution in [1.29, 1.82) is 0 Å². The van der Waals surface area contributed by atoms with E-state index in [0.29, 0.717) is 19.7 Å². The van der Waals surface area contributed by atoms with E-state index >= 15 is 0 Å². The number of ether oxygens (including phenoxy) is 1. The molecule has 4 aromatic rings. The summed E-state index contributed by atoms with van der Waals surface area (Å²) in [5, 5.41) is 6.33. The zero-order chi connectivity index (χ0) is 25.5. The standard InChI is InChI=1S/C29H29BrN4O2S/c30-25-12-10-23(11-13-25)27-21-37-29(32-27)34(18-19-36-26-4-2-1-3-5-26)20-22-6-8-24(9-7-22)28(35)33-16-14-31-15-17-33/h1-13,21,31H,14-20H2. The maximum atomic E-state index is 12.8. The quantitative estimate of drug-likeness (QED) is 0.277. The Balaban J connectivity index is 1.30. The molecule has 1 aliphatic heterocycles. The zero-order valence-corrected chi connectivity index (χ0v) is 22.9. The number of hydrogen-bond acceptors (Lipinski definition) is 6. The largest absolute Gasteiger partial charge is 0.492 e. The average molecular weight is 578 g/mol. The molecule has 3 aromatic carbocycles. The third-order valence-corrected chi connectivity index (χ3v) is 7.68. The number of carbonyl (C=O) groups is 1. The van der Waals surface area contributed by atoms with Gasteiger partial charge in [-0.3, -0.25) is 4.79 Å². The van der Waals surface area contributed by atoms with Gasteiger partial charge in [0, 0.05) is 53.7 Å². The summed E-state index contributed by atoms with van der Waals surface area (Å²) in [4.78, 5) is 21.9. The van der Waals surface area contributed by atoms with E-state index in [1.165, 1.54) is 0 Å². The van der Waals surface area contributed by atoms with Gasteiger partial charge in [0.15, 0.2) is 5.13 Å². The predicted octanol–water partition coefficient (Wildman–Crippen LogP) is 5.70. The van der Waals surface area contributed by atoms with Gasteiger partial charge in [0.05, 0.1) is 12.2 Å². The molecule has 1 saturated heterocycles. The number of rotatable bonds is 9. The molecule has 0 radical (unpaired) electrons. The number of halogens is 1. The highest BCUT2D eigenvalue weighted by Gasteiger charge is 2.18. The molecule has 5 rings (SSSR count). The van der Waals surface area contributed by atoms with Gasteiger partial charge in [-0.15, -0.1) is 11.3 Å². The zero-order valence-electron chi connectivity index (χ0n) is 20.5. The van der Waals surface area contributed by atoms with Crippen LogP contribution in [0.5, 0.6) is 5.75 Å². The van der Waals surface area contributed by atoms with E-state index in [9.17, 15) is 4.79 Å². The Bertz CT molecular complexity index is 1290. The summed E-state index contributed by atoms with van der Waals surface area (Å²) in [5.74, 6) is 0.952. The van der Waals surface area contributed by atoms with Gasteiger partial charge in [-0.2, -0.15) is 0 Å². The van der Waals surface area contributed by atoms with Crippen LogP contribution in [-0.4, -0.2) is 55.1 Å². The highest BCUT2D eigenvalue weighted by atomic mass is 79.9. The van der Waals surface area contributed by atoms with Gasteiger partial charge in [0.2, 0.25) is 0 Å². The molecule has 0 aliphatic carbocycles. The summed E-state index contributed by atoms with van der Waals surface area (Å²) >= 11 is 5.13. The number of piperazine rings is 1. The van der Waals surface area contributed by atoms with Crippen molar-refractivity contribution in [3.8, 4) is 17.0 Å². The fraction of sp³-hybridized carbons (Fsp3) is 0.241. The molecule has 1 N–H and O–H groups in total. The van der Waals surface area contributed by atoms with Crippen LogP contribution in [0.15, 0.2) is 88.7 Å². The Morgan fingerprint density at radius 2 is 1.73 bits per heavy atom. The average Bonchev–Trinajstić information content (AvgIpc) is 3.44. The Kier molecular flexibility index (Phi) is 8.50. The van der Waals surface area contributed by atoms with Gasteiger partial charge in [-0.1, -0.05) is 58.4 Å². The van der Waals surface area contributed by atoms with E-state index in [2.05, 4.69) is 43.7 Å².